The van der Waals surface area contributed by atoms with Crippen molar-refractivity contribution in [1.29, 1.82) is 5.41 Å². The number of aryl methyl sites for hydroxylation is 1. The van der Waals surface area contributed by atoms with Crippen LogP contribution in [0.2, 0.25) is 0 Å². The number of aldehydes is 1. The molecular weight excluding hydrogens is 192 g/mol. The zero-order valence-corrected chi connectivity index (χ0v) is 9.04. The molecule has 0 bridgehead atoms. The Balaban J connectivity index is 0.000000921. The number of hydrogen-bond donors (Lipinski definition) is 2. The number of nitrogen functional groups attached to an aromatic ring is 1. The average Bonchev–Trinajstić information content (AvgIpc) is 2.32. The number of carbonyl (C=O) groups excluding carboxylic acids is 1. The molecule has 0 amide bonds. The Bertz CT molecular complexity index is 338. The summed E-state index contributed by atoms with van der Waals surface area (Å²) in [5.74, 6) is 0.571. The van der Waals surface area contributed by atoms with Gasteiger partial charge in [0.1, 0.15) is 5.75 Å². The van der Waals surface area contributed by atoms with E-state index in [2.05, 4.69) is 6.72 Å². The molecule has 0 aliphatic carbocycles. The van der Waals surface area contributed by atoms with E-state index in [0.717, 1.165) is 18.3 Å². The average molecular weight is 208 g/mol. The monoisotopic (exact) mass is 208 g/mol. The summed E-state index contributed by atoms with van der Waals surface area (Å²) in [6, 6.07) is 3.63. The molecule has 0 aliphatic heterocycles. The van der Waals surface area contributed by atoms with Crippen LogP contribution >= 0.6 is 0 Å². The zero-order chi connectivity index (χ0) is 11.8. The Kier molecular flexibility index (Phi) is 5.78. The second-order valence-corrected chi connectivity index (χ2v) is 2.77. The van der Waals surface area contributed by atoms with E-state index in [4.69, 9.17) is 15.9 Å². The largest absolute Gasteiger partial charge is 0.495 e. The molecule has 0 aliphatic rings. The van der Waals surface area contributed by atoms with E-state index in [1.165, 1.54) is 0 Å². The van der Waals surface area contributed by atoms with Crippen LogP contribution < -0.4 is 10.5 Å². The Hall–Kier alpha value is -1.84. The second-order valence-electron chi connectivity index (χ2n) is 2.77. The van der Waals surface area contributed by atoms with Crippen LogP contribution in [0.5, 0.6) is 5.75 Å². The highest BCUT2D eigenvalue weighted by molar-refractivity contribution is 5.86. The van der Waals surface area contributed by atoms with Crippen molar-refractivity contribution in [3.63, 3.8) is 0 Å². The Morgan fingerprint density at radius 1 is 1.53 bits per heavy atom. The van der Waals surface area contributed by atoms with Gasteiger partial charge in [0.25, 0.3) is 0 Å². The number of rotatable bonds is 3. The molecule has 3 N–H and O–H groups in total. The second kappa shape index (κ2) is 6.59. The van der Waals surface area contributed by atoms with Crippen LogP contribution in [0.15, 0.2) is 12.1 Å². The maximum Gasteiger partial charge on any atom is 0.152 e. The van der Waals surface area contributed by atoms with Gasteiger partial charge in [0.05, 0.1) is 12.8 Å². The lowest BCUT2D eigenvalue weighted by Gasteiger charge is -2.08. The van der Waals surface area contributed by atoms with E-state index in [1.54, 1.807) is 13.2 Å². The predicted octanol–water partition coefficient (Wildman–Crippen LogP) is 1.92. The smallest absolute Gasteiger partial charge is 0.152 e. The summed E-state index contributed by atoms with van der Waals surface area (Å²) >= 11 is 0. The lowest BCUT2D eigenvalue weighted by atomic mass is 10.1. The number of anilines is 1. The molecule has 15 heavy (non-hydrogen) atoms. The van der Waals surface area contributed by atoms with Gasteiger partial charge in [0.15, 0.2) is 6.29 Å². The Morgan fingerprint density at radius 2 is 2.13 bits per heavy atom. The van der Waals surface area contributed by atoms with E-state index in [0.29, 0.717) is 17.0 Å². The minimum absolute atomic E-state index is 0.412. The lowest BCUT2D eigenvalue weighted by molar-refractivity contribution is 0.112. The van der Waals surface area contributed by atoms with Crippen molar-refractivity contribution >= 4 is 18.7 Å². The number of benzene rings is 1. The van der Waals surface area contributed by atoms with E-state index < -0.39 is 0 Å². The molecule has 0 aromatic heterocycles. The van der Waals surface area contributed by atoms with Gasteiger partial charge < -0.3 is 15.9 Å². The third-order valence-corrected chi connectivity index (χ3v) is 1.99. The topological polar surface area (TPSA) is 76.2 Å². The first-order chi connectivity index (χ1) is 7.22. The number of nitrogens with one attached hydrogen (secondary N) is 1. The van der Waals surface area contributed by atoms with E-state index in [1.807, 2.05) is 13.0 Å². The molecule has 0 spiro atoms. The van der Waals surface area contributed by atoms with Crippen molar-refractivity contribution in [3.8, 4) is 5.75 Å². The van der Waals surface area contributed by atoms with Crippen LogP contribution in [0.1, 0.15) is 22.8 Å². The fourth-order valence-corrected chi connectivity index (χ4v) is 1.18. The first kappa shape index (κ1) is 13.2. The van der Waals surface area contributed by atoms with Crippen molar-refractivity contribution in [1.82, 2.24) is 0 Å². The third kappa shape index (κ3) is 3.09. The van der Waals surface area contributed by atoms with Crippen LogP contribution in [0.3, 0.4) is 0 Å². The summed E-state index contributed by atoms with van der Waals surface area (Å²) in [4.78, 5) is 10.6. The molecule has 0 saturated carbocycles. The van der Waals surface area contributed by atoms with E-state index >= 15 is 0 Å². The Labute approximate surface area is 89.6 Å². The summed E-state index contributed by atoms with van der Waals surface area (Å²) < 4.78 is 5.05. The van der Waals surface area contributed by atoms with E-state index in [9.17, 15) is 4.79 Å². The van der Waals surface area contributed by atoms with Gasteiger partial charge in [-0.15, -0.1) is 0 Å². The molecule has 0 radical (unpaired) electrons. The fourth-order valence-electron chi connectivity index (χ4n) is 1.18. The van der Waals surface area contributed by atoms with Crippen LogP contribution in [0, 0.1) is 5.41 Å². The highest BCUT2D eigenvalue weighted by Crippen LogP contribution is 2.26. The maximum atomic E-state index is 10.6. The SMILES string of the molecule is C=N.CCc1cc(C=O)c(N)c(OC)c1. The van der Waals surface area contributed by atoms with Gasteiger partial charge in [0, 0.05) is 5.56 Å². The molecule has 1 aromatic rings. The molecule has 0 heterocycles. The highest BCUT2D eigenvalue weighted by atomic mass is 16.5. The maximum absolute atomic E-state index is 10.6. The lowest BCUT2D eigenvalue weighted by Crippen LogP contribution is -1.99. The summed E-state index contributed by atoms with van der Waals surface area (Å²) in [5.41, 5.74) is 7.63. The number of methoxy groups -OCH3 is 1. The minimum atomic E-state index is 0.412. The van der Waals surface area contributed by atoms with Gasteiger partial charge in [-0.25, -0.2) is 0 Å². The molecule has 4 heteroatoms. The molecule has 1 aromatic carbocycles. The summed E-state index contributed by atoms with van der Waals surface area (Å²) in [6.45, 7) is 4.51. The zero-order valence-electron chi connectivity index (χ0n) is 9.04. The van der Waals surface area contributed by atoms with Gasteiger partial charge in [-0.1, -0.05) is 6.92 Å². The fraction of sp³-hybridized carbons (Fsp3) is 0.273. The molecule has 0 unspecified atom stereocenters. The van der Waals surface area contributed by atoms with Crippen molar-refractivity contribution < 1.29 is 9.53 Å². The van der Waals surface area contributed by atoms with Crippen LogP contribution in [-0.2, 0) is 6.42 Å². The molecule has 0 fully saturated rings. The minimum Gasteiger partial charge on any atom is -0.495 e. The summed E-state index contributed by atoms with van der Waals surface area (Å²) in [7, 11) is 1.54. The van der Waals surface area contributed by atoms with Crippen molar-refractivity contribution in [2.75, 3.05) is 12.8 Å². The first-order valence-corrected chi connectivity index (χ1v) is 4.49. The molecule has 1 rings (SSSR count). The normalized spacial score (nSPS) is 8.67. The molecule has 0 atom stereocenters. The van der Waals surface area contributed by atoms with Gasteiger partial charge in [-0.3, -0.25) is 4.79 Å². The quantitative estimate of drug-likeness (QED) is 0.452. The van der Waals surface area contributed by atoms with Crippen LogP contribution in [-0.4, -0.2) is 20.1 Å². The predicted molar refractivity (Wildman–Crippen MR) is 62.0 cm³/mol. The van der Waals surface area contributed by atoms with E-state index in [-0.39, 0.29) is 0 Å². The van der Waals surface area contributed by atoms with Crippen molar-refractivity contribution in [2.45, 2.75) is 13.3 Å². The Morgan fingerprint density at radius 3 is 2.53 bits per heavy atom. The standard InChI is InChI=1S/C10H13NO2.CH3N/c1-3-7-4-8(6-12)10(11)9(5-7)13-2;1-2/h4-6H,3,11H2,1-2H3;2H,1H2. The number of carbonyl (C=O) groups is 1. The molecule has 82 valence electrons. The van der Waals surface area contributed by atoms with Crippen LogP contribution in [0.4, 0.5) is 5.69 Å². The van der Waals surface area contributed by atoms with Gasteiger partial charge in [-0.2, -0.15) is 0 Å². The van der Waals surface area contributed by atoms with Crippen molar-refractivity contribution in [3.05, 3.63) is 23.3 Å². The number of hydrogen-bond acceptors (Lipinski definition) is 4. The van der Waals surface area contributed by atoms with Gasteiger partial charge in [-0.05, 0) is 30.8 Å². The molecule has 0 saturated heterocycles. The number of nitrogens with two attached hydrogens (primary N) is 1. The number of ether oxygens (including phenoxy) is 1. The van der Waals surface area contributed by atoms with Gasteiger partial charge >= 0.3 is 0 Å². The van der Waals surface area contributed by atoms with Crippen LogP contribution in [0.25, 0.3) is 0 Å². The molecular formula is C11H16N2O2. The summed E-state index contributed by atoms with van der Waals surface area (Å²) in [6.07, 6.45) is 1.61. The molecule has 4 nitrogen and oxygen atoms in total. The highest BCUT2D eigenvalue weighted by Gasteiger charge is 2.06. The first-order valence-electron chi connectivity index (χ1n) is 4.49. The van der Waals surface area contributed by atoms with Crippen molar-refractivity contribution in [2.24, 2.45) is 0 Å². The third-order valence-electron chi connectivity index (χ3n) is 1.99. The summed E-state index contributed by atoms with van der Waals surface area (Å²) in [5, 5.41) is 5.50. The van der Waals surface area contributed by atoms with Gasteiger partial charge in [0.2, 0.25) is 0 Å².